The van der Waals surface area contributed by atoms with E-state index in [2.05, 4.69) is 10.3 Å². The summed E-state index contributed by atoms with van der Waals surface area (Å²) in [6.45, 7) is 7.40. The number of ether oxygens (including phenoxy) is 1. The molecule has 43 heavy (non-hydrogen) atoms. The lowest BCUT2D eigenvalue weighted by Gasteiger charge is -2.32. The number of carbonyl (C=O) groups excluding carboxylic acids is 2. The number of hydrogen-bond acceptors (Lipinski definition) is 5. The van der Waals surface area contributed by atoms with Crippen LogP contribution in [-0.2, 0) is 11.2 Å². The molecule has 8 nitrogen and oxygen atoms in total. The molecule has 2 aromatic heterocycles. The summed E-state index contributed by atoms with van der Waals surface area (Å²) < 4.78 is 21.1. The predicted octanol–water partition coefficient (Wildman–Crippen LogP) is 7.50. The SMILES string of the molecule is CC(NC(=O)c1nn(-c2ccc(Cl)cc2Cl)c2c1CCN(C(=O)OC(C)(C)C)/C2=C\c1ccc(F)cc1)c1ccccn1. The molecule has 1 aliphatic rings. The van der Waals surface area contributed by atoms with Crippen LogP contribution in [0.1, 0.15) is 66.7 Å². The average Bonchev–Trinajstić information content (AvgIpc) is 3.34. The van der Waals surface area contributed by atoms with Crippen molar-refractivity contribution >= 4 is 47.0 Å². The van der Waals surface area contributed by atoms with Crippen molar-refractivity contribution in [2.75, 3.05) is 6.54 Å². The molecule has 0 aliphatic carbocycles. The Labute approximate surface area is 259 Å². The van der Waals surface area contributed by atoms with Crippen molar-refractivity contribution in [2.45, 2.75) is 45.8 Å². The Morgan fingerprint density at radius 3 is 2.49 bits per heavy atom. The van der Waals surface area contributed by atoms with E-state index in [1.807, 2.05) is 19.1 Å². The smallest absolute Gasteiger partial charge is 0.414 e. The maximum atomic E-state index is 13.8. The van der Waals surface area contributed by atoms with E-state index in [0.717, 1.165) is 0 Å². The predicted molar refractivity (Wildman–Crippen MR) is 165 cm³/mol. The topological polar surface area (TPSA) is 89.4 Å². The van der Waals surface area contributed by atoms with E-state index in [-0.39, 0.29) is 12.2 Å². The Morgan fingerprint density at radius 1 is 1.09 bits per heavy atom. The van der Waals surface area contributed by atoms with Crippen molar-refractivity contribution in [2.24, 2.45) is 0 Å². The van der Waals surface area contributed by atoms with E-state index in [4.69, 9.17) is 33.0 Å². The van der Waals surface area contributed by atoms with Crippen LogP contribution < -0.4 is 5.32 Å². The van der Waals surface area contributed by atoms with Crippen LogP contribution in [0.5, 0.6) is 0 Å². The molecular formula is C32H30Cl2FN5O3. The molecule has 1 atom stereocenters. The molecule has 0 fully saturated rings. The zero-order chi connectivity index (χ0) is 30.9. The van der Waals surface area contributed by atoms with Crippen molar-refractivity contribution in [1.82, 2.24) is 25.0 Å². The largest absolute Gasteiger partial charge is 0.443 e. The van der Waals surface area contributed by atoms with Gasteiger partial charge in [0.1, 0.15) is 11.4 Å². The normalized spacial score (nSPS) is 14.8. The molecule has 1 unspecified atom stereocenters. The van der Waals surface area contributed by atoms with Crippen LogP contribution in [0.4, 0.5) is 9.18 Å². The van der Waals surface area contributed by atoms with Gasteiger partial charge >= 0.3 is 6.09 Å². The third-order valence-electron chi connectivity index (χ3n) is 6.72. The van der Waals surface area contributed by atoms with Crippen LogP contribution >= 0.6 is 23.2 Å². The molecule has 0 saturated carbocycles. The van der Waals surface area contributed by atoms with Gasteiger partial charge in [0.25, 0.3) is 5.91 Å². The summed E-state index contributed by atoms with van der Waals surface area (Å²) in [5.41, 5.74) is 2.70. The molecule has 2 aromatic carbocycles. The number of halogens is 3. The summed E-state index contributed by atoms with van der Waals surface area (Å²) in [5.74, 6) is -0.806. The van der Waals surface area contributed by atoms with Gasteiger partial charge in [-0.05, 0) is 88.2 Å². The summed E-state index contributed by atoms with van der Waals surface area (Å²) in [6.07, 6.45) is 3.13. The number of nitrogens with one attached hydrogen (secondary N) is 1. The van der Waals surface area contributed by atoms with Crippen LogP contribution in [0.25, 0.3) is 17.5 Å². The molecule has 222 valence electrons. The van der Waals surface area contributed by atoms with Gasteiger partial charge in [0, 0.05) is 23.3 Å². The number of rotatable bonds is 5. The molecule has 0 bridgehead atoms. The second-order valence-electron chi connectivity index (χ2n) is 11.1. The van der Waals surface area contributed by atoms with E-state index in [1.54, 1.807) is 74.1 Å². The van der Waals surface area contributed by atoms with Crippen molar-refractivity contribution < 1.29 is 18.7 Å². The van der Waals surface area contributed by atoms with Crippen molar-refractivity contribution in [3.05, 3.63) is 111 Å². The van der Waals surface area contributed by atoms with E-state index in [1.165, 1.54) is 17.0 Å². The molecule has 2 amide bonds. The standard InChI is InChI=1S/C32H30Cl2FN5O3/c1-19(25-7-5-6-15-36-25)37-30(41)28-23-14-16-39(31(42)43-32(2,3)4)27(17-20-8-11-22(35)12-9-20)29(23)40(38-28)26-13-10-21(33)18-24(26)34/h5-13,15,17-19H,14,16H2,1-4H3,(H,37,41)/b27-17-. The molecule has 5 rings (SSSR count). The van der Waals surface area contributed by atoms with Crippen LogP contribution in [0, 0.1) is 5.82 Å². The van der Waals surface area contributed by atoms with Gasteiger partial charge in [-0.1, -0.05) is 41.4 Å². The molecule has 0 radical (unpaired) electrons. The highest BCUT2D eigenvalue weighted by Gasteiger charge is 2.37. The van der Waals surface area contributed by atoms with Crippen molar-refractivity contribution in [1.29, 1.82) is 0 Å². The fraction of sp³-hybridized carbons (Fsp3) is 0.250. The lowest BCUT2D eigenvalue weighted by molar-refractivity contribution is 0.0351. The van der Waals surface area contributed by atoms with Crippen LogP contribution in [-0.4, -0.2) is 43.8 Å². The number of nitrogens with zero attached hydrogens (tertiary/aromatic N) is 4. The Morgan fingerprint density at radius 2 is 1.84 bits per heavy atom. The molecule has 4 aromatic rings. The number of benzene rings is 2. The van der Waals surface area contributed by atoms with Crippen LogP contribution in [0.15, 0.2) is 66.9 Å². The number of amides is 2. The van der Waals surface area contributed by atoms with Crippen molar-refractivity contribution in [3.8, 4) is 5.69 Å². The average molecular weight is 623 g/mol. The first-order chi connectivity index (χ1) is 20.4. The highest BCUT2D eigenvalue weighted by atomic mass is 35.5. The second kappa shape index (κ2) is 12.2. The van der Waals surface area contributed by atoms with Gasteiger partial charge in [-0.25, -0.2) is 13.9 Å². The minimum Gasteiger partial charge on any atom is -0.443 e. The molecule has 1 aliphatic heterocycles. The van der Waals surface area contributed by atoms with E-state index in [9.17, 15) is 14.0 Å². The molecule has 1 N–H and O–H groups in total. The Kier molecular flexibility index (Phi) is 8.57. The highest BCUT2D eigenvalue weighted by Crippen LogP contribution is 2.37. The quantitative estimate of drug-likeness (QED) is 0.249. The number of aromatic nitrogens is 3. The van der Waals surface area contributed by atoms with Gasteiger partial charge in [-0.15, -0.1) is 0 Å². The maximum Gasteiger partial charge on any atom is 0.414 e. The van der Waals surface area contributed by atoms with E-state index in [0.29, 0.717) is 50.4 Å². The first-order valence-electron chi connectivity index (χ1n) is 13.7. The third-order valence-corrected chi connectivity index (χ3v) is 7.26. The van der Waals surface area contributed by atoms with Gasteiger partial charge < -0.3 is 10.1 Å². The van der Waals surface area contributed by atoms with Crippen molar-refractivity contribution in [3.63, 3.8) is 0 Å². The minimum atomic E-state index is -0.759. The van der Waals surface area contributed by atoms with Crippen LogP contribution in [0.2, 0.25) is 10.0 Å². The van der Waals surface area contributed by atoms with Gasteiger partial charge in [-0.3, -0.25) is 14.7 Å². The number of pyridine rings is 1. The highest BCUT2D eigenvalue weighted by molar-refractivity contribution is 6.35. The molecule has 3 heterocycles. The zero-order valence-corrected chi connectivity index (χ0v) is 25.6. The number of carbonyl (C=O) groups is 2. The lowest BCUT2D eigenvalue weighted by Crippen LogP contribution is -2.40. The first-order valence-corrected chi connectivity index (χ1v) is 14.4. The summed E-state index contributed by atoms with van der Waals surface area (Å²) >= 11 is 12.8. The van der Waals surface area contributed by atoms with E-state index >= 15 is 0 Å². The van der Waals surface area contributed by atoms with Gasteiger partial charge in [0.2, 0.25) is 0 Å². The van der Waals surface area contributed by atoms with Crippen LogP contribution in [0.3, 0.4) is 0 Å². The number of fused-ring (bicyclic) bond motifs is 1. The Hall–Kier alpha value is -4.21. The third kappa shape index (κ3) is 6.73. The fourth-order valence-electron chi connectivity index (χ4n) is 4.77. The van der Waals surface area contributed by atoms with Gasteiger partial charge in [-0.2, -0.15) is 5.10 Å². The Bertz CT molecular complexity index is 1700. The molecule has 0 spiro atoms. The molecule has 0 saturated heterocycles. The Balaban J connectivity index is 1.69. The van der Waals surface area contributed by atoms with Gasteiger partial charge in [0.05, 0.1) is 33.8 Å². The monoisotopic (exact) mass is 621 g/mol. The molecular weight excluding hydrogens is 592 g/mol. The summed E-state index contributed by atoms with van der Waals surface area (Å²) in [6, 6.07) is 15.9. The maximum absolute atomic E-state index is 13.8. The first kappa shape index (κ1) is 30.3. The van der Waals surface area contributed by atoms with E-state index < -0.39 is 29.5 Å². The minimum absolute atomic E-state index is 0.178. The summed E-state index contributed by atoms with van der Waals surface area (Å²) in [5, 5.41) is 8.46. The second-order valence-corrected chi connectivity index (χ2v) is 11.9. The summed E-state index contributed by atoms with van der Waals surface area (Å²) in [7, 11) is 0. The summed E-state index contributed by atoms with van der Waals surface area (Å²) in [4.78, 5) is 33.1. The number of hydrogen-bond donors (Lipinski definition) is 1. The molecule has 11 heteroatoms. The fourth-order valence-corrected chi connectivity index (χ4v) is 5.26. The van der Waals surface area contributed by atoms with Gasteiger partial charge in [0.15, 0.2) is 5.69 Å². The lowest BCUT2D eigenvalue weighted by atomic mass is 9.99. The zero-order valence-electron chi connectivity index (χ0n) is 24.1.